The number of nitrogens with zero attached hydrogens (tertiary/aromatic N) is 7. The monoisotopic (exact) mass is 462 g/mol. The first kappa shape index (κ1) is 18.6. The van der Waals surface area contributed by atoms with Gasteiger partial charge in [-0.2, -0.15) is 4.68 Å². The molecule has 0 unspecified atom stereocenters. The molecule has 0 saturated carbocycles. The van der Waals surface area contributed by atoms with Gasteiger partial charge in [-0.3, -0.25) is 14.3 Å². The van der Waals surface area contributed by atoms with Crippen molar-refractivity contribution in [1.82, 2.24) is 39.3 Å². The fourth-order valence-corrected chi connectivity index (χ4v) is 4.14. The third kappa shape index (κ3) is 3.40. The molecule has 1 aromatic carbocycles. The Morgan fingerprint density at radius 2 is 2.00 bits per heavy atom. The lowest BCUT2D eigenvalue weighted by atomic mass is 10.3. The van der Waals surface area contributed by atoms with Crippen LogP contribution in [-0.2, 0) is 13.6 Å². The first-order chi connectivity index (χ1) is 13.6. The molecule has 0 bridgehead atoms. The van der Waals surface area contributed by atoms with Crippen molar-refractivity contribution in [2.45, 2.75) is 18.1 Å². The number of hydrogen-bond acceptors (Lipinski definition) is 7. The molecule has 0 amide bonds. The molecule has 0 spiro atoms. The van der Waals surface area contributed by atoms with Crippen molar-refractivity contribution >= 4 is 38.9 Å². The van der Waals surface area contributed by atoms with E-state index in [-0.39, 0.29) is 0 Å². The van der Waals surface area contributed by atoms with Crippen LogP contribution in [0.15, 0.2) is 49.8 Å². The highest BCUT2D eigenvalue weighted by Crippen LogP contribution is 2.21. The van der Waals surface area contributed by atoms with E-state index in [2.05, 4.69) is 41.4 Å². The SMILES string of the molecule is Cn1c(=O)[nH]c(=O)c2c1nc(Br)n2CCCSc1nnnn1-c1ccccc1. The van der Waals surface area contributed by atoms with Gasteiger partial charge in [0, 0.05) is 19.3 Å². The van der Waals surface area contributed by atoms with E-state index < -0.39 is 11.2 Å². The van der Waals surface area contributed by atoms with Crippen molar-refractivity contribution in [2.24, 2.45) is 7.05 Å². The molecule has 1 N–H and O–H groups in total. The number of benzene rings is 1. The third-order valence-corrected chi connectivity index (χ3v) is 5.77. The maximum absolute atomic E-state index is 12.2. The van der Waals surface area contributed by atoms with Crippen LogP contribution in [0.3, 0.4) is 0 Å². The van der Waals surface area contributed by atoms with Gasteiger partial charge >= 0.3 is 5.69 Å². The molecule has 0 aliphatic carbocycles. The summed E-state index contributed by atoms with van der Waals surface area (Å²) in [6.45, 7) is 0.554. The first-order valence-electron chi connectivity index (χ1n) is 8.38. The normalized spacial score (nSPS) is 11.4. The van der Waals surface area contributed by atoms with E-state index in [1.54, 1.807) is 16.3 Å². The average molecular weight is 463 g/mol. The summed E-state index contributed by atoms with van der Waals surface area (Å²) in [6, 6.07) is 9.67. The number of aromatic amines is 1. The van der Waals surface area contributed by atoms with Gasteiger partial charge in [0.25, 0.3) is 5.56 Å². The Bertz CT molecular complexity index is 1240. The fourth-order valence-electron chi connectivity index (χ4n) is 2.80. The molecule has 4 rings (SSSR count). The lowest BCUT2D eigenvalue weighted by Gasteiger charge is -2.06. The summed E-state index contributed by atoms with van der Waals surface area (Å²) in [4.78, 5) is 30.6. The predicted octanol–water partition coefficient (Wildman–Crippen LogP) is 1.34. The van der Waals surface area contributed by atoms with Crippen molar-refractivity contribution in [2.75, 3.05) is 5.75 Å². The minimum absolute atomic E-state index is 0.348. The Kier molecular flexibility index (Phi) is 5.13. The smallest absolute Gasteiger partial charge is 0.313 e. The lowest BCUT2D eigenvalue weighted by molar-refractivity contribution is 0.683. The zero-order valence-electron chi connectivity index (χ0n) is 14.7. The number of tetrazole rings is 1. The number of para-hydroxylation sites is 1. The van der Waals surface area contributed by atoms with E-state index in [9.17, 15) is 9.59 Å². The van der Waals surface area contributed by atoms with Crippen molar-refractivity contribution in [1.29, 1.82) is 0 Å². The number of hydrogen-bond donors (Lipinski definition) is 1. The van der Waals surface area contributed by atoms with Crippen LogP contribution >= 0.6 is 27.7 Å². The van der Waals surface area contributed by atoms with Gasteiger partial charge in [0.05, 0.1) is 5.69 Å². The molecule has 0 saturated heterocycles. The minimum Gasteiger partial charge on any atom is -0.313 e. The summed E-state index contributed by atoms with van der Waals surface area (Å²) in [7, 11) is 1.57. The van der Waals surface area contributed by atoms with Crippen LogP contribution in [0.2, 0.25) is 0 Å². The van der Waals surface area contributed by atoms with Crippen LogP contribution in [0.5, 0.6) is 0 Å². The molecular formula is C16H15BrN8O2S. The molecule has 0 radical (unpaired) electrons. The molecule has 0 aliphatic rings. The zero-order chi connectivity index (χ0) is 19.7. The van der Waals surface area contributed by atoms with Crippen molar-refractivity contribution in [3.8, 4) is 5.69 Å². The molecule has 3 heterocycles. The molecule has 4 aromatic rings. The average Bonchev–Trinajstić information content (AvgIpc) is 3.29. The fraction of sp³-hybridized carbons (Fsp3) is 0.250. The van der Waals surface area contributed by atoms with Gasteiger partial charge in [0.1, 0.15) is 0 Å². The third-order valence-electron chi connectivity index (χ3n) is 4.16. The van der Waals surface area contributed by atoms with Gasteiger partial charge in [0.2, 0.25) is 5.16 Å². The molecule has 3 aromatic heterocycles. The predicted molar refractivity (Wildman–Crippen MR) is 108 cm³/mol. The number of aromatic nitrogens is 8. The van der Waals surface area contributed by atoms with Crippen molar-refractivity contribution < 1.29 is 0 Å². The van der Waals surface area contributed by atoms with E-state index in [0.29, 0.717) is 27.6 Å². The highest BCUT2D eigenvalue weighted by molar-refractivity contribution is 9.10. The molecule has 10 nitrogen and oxygen atoms in total. The number of H-pyrrole nitrogens is 1. The van der Waals surface area contributed by atoms with Crippen LogP contribution < -0.4 is 11.2 Å². The molecule has 12 heteroatoms. The van der Waals surface area contributed by atoms with Crippen LogP contribution in [0.25, 0.3) is 16.9 Å². The second-order valence-electron chi connectivity index (χ2n) is 5.93. The number of imidazole rings is 1. The van der Waals surface area contributed by atoms with Crippen LogP contribution in [0, 0.1) is 0 Å². The van der Waals surface area contributed by atoms with E-state index in [1.807, 2.05) is 30.3 Å². The standard InChI is InChI=1S/C16H15BrN8O2S/c1-23-12-11(13(26)19-15(23)27)24(14(17)18-12)8-5-9-28-16-20-21-22-25(16)10-6-3-2-4-7-10/h2-4,6-7H,5,8-9H2,1H3,(H,19,26,27). The Balaban J connectivity index is 1.48. The number of aryl methyl sites for hydroxylation is 2. The highest BCUT2D eigenvalue weighted by Gasteiger charge is 2.16. The van der Waals surface area contributed by atoms with Gasteiger partial charge in [-0.1, -0.05) is 30.0 Å². The number of rotatable bonds is 6. The van der Waals surface area contributed by atoms with E-state index in [0.717, 1.165) is 17.9 Å². The Morgan fingerprint density at radius 1 is 1.21 bits per heavy atom. The molecule has 0 aliphatic heterocycles. The van der Waals surface area contributed by atoms with Crippen LogP contribution in [-0.4, -0.2) is 45.1 Å². The molecule has 144 valence electrons. The van der Waals surface area contributed by atoms with E-state index in [4.69, 9.17) is 0 Å². The minimum atomic E-state index is -0.488. The Labute approximate surface area is 170 Å². The van der Waals surface area contributed by atoms with Crippen molar-refractivity contribution in [3.63, 3.8) is 0 Å². The topological polar surface area (TPSA) is 116 Å². The summed E-state index contributed by atoms with van der Waals surface area (Å²) in [5, 5.41) is 12.6. The summed E-state index contributed by atoms with van der Waals surface area (Å²) in [5.74, 6) is 0.739. The van der Waals surface area contributed by atoms with E-state index >= 15 is 0 Å². The van der Waals surface area contributed by atoms with Gasteiger partial charge < -0.3 is 4.57 Å². The summed E-state index contributed by atoms with van der Waals surface area (Å²) < 4.78 is 5.27. The second kappa shape index (κ2) is 7.72. The number of thioether (sulfide) groups is 1. The summed E-state index contributed by atoms with van der Waals surface area (Å²) >= 11 is 4.90. The zero-order valence-corrected chi connectivity index (χ0v) is 17.1. The number of halogens is 1. The molecule has 0 fully saturated rings. The largest absolute Gasteiger partial charge is 0.329 e. The van der Waals surface area contributed by atoms with Crippen molar-refractivity contribution in [3.05, 3.63) is 55.9 Å². The lowest BCUT2D eigenvalue weighted by Crippen LogP contribution is -2.29. The van der Waals surface area contributed by atoms with E-state index in [1.165, 1.54) is 16.3 Å². The maximum Gasteiger partial charge on any atom is 0.329 e. The highest BCUT2D eigenvalue weighted by atomic mass is 79.9. The number of nitrogens with one attached hydrogen (secondary N) is 1. The van der Waals surface area contributed by atoms with Gasteiger partial charge in [0.15, 0.2) is 15.9 Å². The van der Waals surface area contributed by atoms with Gasteiger partial charge in [-0.25, -0.2) is 9.78 Å². The van der Waals surface area contributed by atoms with Crippen LogP contribution in [0.4, 0.5) is 0 Å². The summed E-state index contributed by atoms with van der Waals surface area (Å²) in [5.41, 5.74) is 0.676. The number of fused-ring (bicyclic) bond motifs is 1. The Morgan fingerprint density at radius 3 is 2.79 bits per heavy atom. The molecule has 28 heavy (non-hydrogen) atoms. The maximum atomic E-state index is 12.2. The van der Waals surface area contributed by atoms with Crippen LogP contribution in [0.1, 0.15) is 6.42 Å². The van der Waals surface area contributed by atoms with Gasteiger partial charge in [-0.15, -0.1) is 5.10 Å². The second-order valence-corrected chi connectivity index (χ2v) is 7.71. The molecule has 0 atom stereocenters. The Hall–Kier alpha value is -2.73. The quantitative estimate of drug-likeness (QED) is 0.261. The molecular weight excluding hydrogens is 448 g/mol. The first-order valence-corrected chi connectivity index (χ1v) is 10.2. The summed E-state index contributed by atoms with van der Waals surface area (Å²) in [6.07, 6.45) is 0.749. The van der Waals surface area contributed by atoms with Gasteiger partial charge in [-0.05, 0) is 44.9 Å².